The molecule has 1 unspecified atom stereocenters. The molecule has 0 saturated heterocycles. The van der Waals surface area contributed by atoms with Gasteiger partial charge in [-0.2, -0.15) is 4.98 Å². The number of rotatable bonds is 3. The Labute approximate surface area is 108 Å². The van der Waals surface area contributed by atoms with Crippen molar-refractivity contribution in [1.82, 2.24) is 10.1 Å². The number of aryl methyl sites for hydroxylation is 1. The molecule has 5 heteroatoms. The molecular formula is C12H14BrN3O. The molecule has 0 amide bonds. The van der Waals surface area contributed by atoms with E-state index in [1.807, 2.05) is 32.0 Å². The molecule has 1 aromatic heterocycles. The van der Waals surface area contributed by atoms with Crippen molar-refractivity contribution in [2.24, 2.45) is 5.73 Å². The first-order valence-electron chi connectivity index (χ1n) is 5.41. The van der Waals surface area contributed by atoms with E-state index in [0.29, 0.717) is 18.1 Å². The van der Waals surface area contributed by atoms with Gasteiger partial charge in [-0.05, 0) is 31.5 Å². The summed E-state index contributed by atoms with van der Waals surface area (Å²) < 4.78 is 6.12. The Kier molecular flexibility index (Phi) is 3.59. The van der Waals surface area contributed by atoms with Gasteiger partial charge in [-0.25, -0.2) is 0 Å². The van der Waals surface area contributed by atoms with Crippen LogP contribution in [0.1, 0.15) is 18.4 Å². The number of nitrogens with two attached hydrogens (primary N) is 1. The van der Waals surface area contributed by atoms with Crippen LogP contribution in [0, 0.1) is 6.92 Å². The van der Waals surface area contributed by atoms with Gasteiger partial charge in [0.05, 0.1) is 0 Å². The minimum absolute atomic E-state index is 0.0183. The molecule has 0 saturated carbocycles. The molecule has 2 aromatic rings. The smallest absolute Gasteiger partial charge is 0.228 e. The van der Waals surface area contributed by atoms with E-state index < -0.39 is 0 Å². The van der Waals surface area contributed by atoms with Crippen LogP contribution in [0.4, 0.5) is 0 Å². The lowest BCUT2D eigenvalue weighted by Crippen LogP contribution is -2.17. The number of hydrogen-bond donors (Lipinski definition) is 1. The fraction of sp³-hybridized carbons (Fsp3) is 0.333. The quantitative estimate of drug-likeness (QED) is 0.945. The van der Waals surface area contributed by atoms with Crippen LogP contribution in [0.3, 0.4) is 0 Å². The summed E-state index contributed by atoms with van der Waals surface area (Å²) in [5, 5.41) is 3.96. The SMILES string of the molecule is Cc1ccc(-c2noc(CC(C)N)n2)c(Br)c1. The third kappa shape index (κ3) is 2.92. The molecule has 0 bridgehead atoms. The first-order chi connectivity index (χ1) is 8.06. The monoisotopic (exact) mass is 295 g/mol. The van der Waals surface area contributed by atoms with Gasteiger partial charge >= 0.3 is 0 Å². The largest absolute Gasteiger partial charge is 0.339 e. The van der Waals surface area contributed by atoms with Gasteiger partial charge in [0.25, 0.3) is 0 Å². The van der Waals surface area contributed by atoms with E-state index >= 15 is 0 Å². The highest BCUT2D eigenvalue weighted by atomic mass is 79.9. The molecule has 17 heavy (non-hydrogen) atoms. The summed E-state index contributed by atoms with van der Waals surface area (Å²) >= 11 is 3.50. The summed E-state index contributed by atoms with van der Waals surface area (Å²) in [4.78, 5) is 4.32. The van der Waals surface area contributed by atoms with E-state index in [-0.39, 0.29) is 6.04 Å². The highest BCUT2D eigenvalue weighted by Crippen LogP contribution is 2.26. The van der Waals surface area contributed by atoms with Crippen molar-refractivity contribution in [3.8, 4) is 11.4 Å². The van der Waals surface area contributed by atoms with Gasteiger partial charge in [0.1, 0.15) is 0 Å². The minimum atomic E-state index is 0.0183. The van der Waals surface area contributed by atoms with E-state index in [1.54, 1.807) is 0 Å². The zero-order valence-corrected chi connectivity index (χ0v) is 11.4. The second-order valence-corrected chi connectivity index (χ2v) is 5.03. The molecule has 0 radical (unpaired) electrons. The average molecular weight is 296 g/mol. The van der Waals surface area contributed by atoms with E-state index in [0.717, 1.165) is 10.0 Å². The predicted octanol–water partition coefficient (Wildman–Crippen LogP) is 2.70. The van der Waals surface area contributed by atoms with Crippen molar-refractivity contribution < 1.29 is 4.52 Å². The van der Waals surface area contributed by atoms with Gasteiger partial charge in [0.15, 0.2) is 0 Å². The summed E-state index contributed by atoms with van der Waals surface area (Å²) in [6.07, 6.45) is 0.594. The standard InChI is InChI=1S/C12H14BrN3O/c1-7-3-4-9(10(13)5-7)12-15-11(17-16-12)6-8(2)14/h3-5,8H,6,14H2,1-2H3. The van der Waals surface area contributed by atoms with Crippen LogP contribution in [0.25, 0.3) is 11.4 Å². The molecule has 0 spiro atoms. The molecule has 2 rings (SSSR count). The number of nitrogens with zero attached hydrogens (tertiary/aromatic N) is 2. The fourth-order valence-corrected chi connectivity index (χ4v) is 2.19. The van der Waals surface area contributed by atoms with Gasteiger partial charge in [0, 0.05) is 22.5 Å². The van der Waals surface area contributed by atoms with Crippen LogP contribution in [0.15, 0.2) is 27.2 Å². The molecule has 0 aliphatic rings. The molecule has 4 nitrogen and oxygen atoms in total. The van der Waals surface area contributed by atoms with Crippen molar-refractivity contribution in [2.75, 3.05) is 0 Å². The van der Waals surface area contributed by atoms with Crippen molar-refractivity contribution >= 4 is 15.9 Å². The number of aromatic nitrogens is 2. The third-order valence-electron chi connectivity index (χ3n) is 2.33. The van der Waals surface area contributed by atoms with Crippen LogP contribution >= 0.6 is 15.9 Å². The summed E-state index contributed by atoms with van der Waals surface area (Å²) in [6, 6.07) is 6.03. The van der Waals surface area contributed by atoms with E-state index in [2.05, 4.69) is 26.1 Å². The second kappa shape index (κ2) is 4.98. The first-order valence-corrected chi connectivity index (χ1v) is 6.20. The van der Waals surface area contributed by atoms with Gasteiger partial charge < -0.3 is 10.3 Å². The average Bonchev–Trinajstić information content (AvgIpc) is 2.65. The Hall–Kier alpha value is -1.20. The second-order valence-electron chi connectivity index (χ2n) is 4.18. The Morgan fingerprint density at radius 2 is 2.24 bits per heavy atom. The maximum atomic E-state index is 5.69. The maximum Gasteiger partial charge on any atom is 0.228 e. The van der Waals surface area contributed by atoms with E-state index in [4.69, 9.17) is 10.3 Å². The van der Waals surface area contributed by atoms with Gasteiger partial charge in [0.2, 0.25) is 11.7 Å². The topological polar surface area (TPSA) is 64.9 Å². The molecular weight excluding hydrogens is 282 g/mol. The molecule has 1 atom stereocenters. The van der Waals surface area contributed by atoms with Crippen LogP contribution in [-0.2, 0) is 6.42 Å². The zero-order valence-electron chi connectivity index (χ0n) is 9.77. The first kappa shape index (κ1) is 12.3. The van der Waals surface area contributed by atoms with Gasteiger partial charge in [-0.3, -0.25) is 0 Å². The van der Waals surface area contributed by atoms with Crippen LogP contribution in [0.2, 0.25) is 0 Å². The molecule has 1 heterocycles. The zero-order chi connectivity index (χ0) is 12.4. The summed E-state index contributed by atoms with van der Waals surface area (Å²) in [7, 11) is 0. The van der Waals surface area contributed by atoms with E-state index in [9.17, 15) is 0 Å². The molecule has 0 aliphatic carbocycles. The molecule has 0 fully saturated rings. The van der Waals surface area contributed by atoms with Crippen LogP contribution in [-0.4, -0.2) is 16.2 Å². The summed E-state index contributed by atoms with van der Waals surface area (Å²) in [6.45, 7) is 3.94. The molecule has 90 valence electrons. The predicted molar refractivity (Wildman–Crippen MR) is 69.5 cm³/mol. The highest BCUT2D eigenvalue weighted by molar-refractivity contribution is 9.10. The van der Waals surface area contributed by atoms with Crippen molar-refractivity contribution in [3.63, 3.8) is 0 Å². The molecule has 2 N–H and O–H groups in total. The Morgan fingerprint density at radius 1 is 1.47 bits per heavy atom. The lowest BCUT2D eigenvalue weighted by molar-refractivity contribution is 0.372. The molecule has 1 aromatic carbocycles. The van der Waals surface area contributed by atoms with E-state index in [1.165, 1.54) is 5.56 Å². The van der Waals surface area contributed by atoms with Crippen molar-refractivity contribution in [3.05, 3.63) is 34.1 Å². The van der Waals surface area contributed by atoms with Crippen LogP contribution < -0.4 is 5.73 Å². The number of halogens is 1. The maximum absolute atomic E-state index is 5.69. The minimum Gasteiger partial charge on any atom is -0.339 e. The van der Waals surface area contributed by atoms with Gasteiger partial charge in [-0.1, -0.05) is 27.2 Å². The molecule has 0 aliphatic heterocycles. The lowest BCUT2D eigenvalue weighted by atomic mass is 10.1. The highest BCUT2D eigenvalue weighted by Gasteiger charge is 2.12. The Bertz CT molecular complexity index is 522. The Balaban J connectivity index is 2.30. The number of hydrogen-bond acceptors (Lipinski definition) is 4. The number of benzene rings is 1. The van der Waals surface area contributed by atoms with Crippen molar-refractivity contribution in [1.29, 1.82) is 0 Å². The van der Waals surface area contributed by atoms with Gasteiger partial charge in [-0.15, -0.1) is 0 Å². The summed E-state index contributed by atoms with van der Waals surface area (Å²) in [5.74, 6) is 1.16. The third-order valence-corrected chi connectivity index (χ3v) is 2.99. The normalized spacial score (nSPS) is 12.7. The fourth-order valence-electron chi connectivity index (χ4n) is 1.52. The van der Waals surface area contributed by atoms with Crippen molar-refractivity contribution in [2.45, 2.75) is 26.3 Å². The lowest BCUT2D eigenvalue weighted by Gasteiger charge is -2.00. The van der Waals surface area contributed by atoms with Crippen LogP contribution in [0.5, 0.6) is 0 Å². The Morgan fingerprint density at radius 3 is 2.88 bits per heavy atom. The summed E-state index contributed by atoms with van der Waals surface area (Å²) in [5.41, 5.74) is 7.79.